The van der Waals surface area contributed by atoms with E-state index < -0.39 is 0 Å². The van der Waals surface area contributed by atoms with Gasteiger partial charge >= 0.3 is 0 Å². The monoisotopic (exact) mass is 442 g/mol. The van der Waals surface area contributed by atoms with Crippen LogP contribution in [0.3, 0.4) is 0 Å². The molecule has 1 N–H and O–H groups in total. The van der Waals surface area contributed by atoms with E-state index in [9.17, 15) is 5.26 Å². The number of rotatable bonds is 8. The molecule has 2 aromatic carbocycles. The van der Waals surface area contributed by atoms with Gasteiger partial charge in [0.2, 0.25) is 0 Å². The van der Waals surface area contributed by atoms with E-state index in [1.165, 1.54) is 12.8 Å². The molecule has 2 heterocycles. The first-order valence-corrected chi connectivity index (χ1v) is 11.9. The molecule has 7 nitrogen and oxygen atoms in total. The lowest BCUT2D eigenvalue weighted by atomic mass is 9.82. The highest BCUT2D eigenvalue weighted by Gasteiger charge is 2.47. The first-order valence-electron chi connectivity index (χ1n) is 11.9. The molecular weight excluding hydrogens is 412 g/mol. The van der Waals surface area contributed by atoms with E-state index in [0.29, 0.717) is 11.7 Å². The van der Waals surface area contributed by atoms with Gasteiger partial charge in [0.1, 0.15) is 0 Å². The molecule has 1 aliphatic heterocycles. The molecule has 170 valence electrons. The van der Waals surface area contributed by atoms with Crippen molar-refractivity contribution in [2.45, 2.75) is 57.7 Å². The smallest absolute Gasteiger partial charge is 0.172 e. The van der Waals surface area contributed by atoms with Crippen LogP contribution in [0.1, 0.15) is 62.0 Å². The second-order valence-corrected chi connectivity index (χ2v) is 9.22. The van der Waals surface area contributed by atoms with Crippen LogP contribution in [0.5, 0.6) is 0 Å². The average molecular weight is 443 g/mol. The van der Waals surface area contributed by atoms with Crippen LogP contribution >= 0.6 is 0 Å². The third kappa shape index (κ3) is 4.17. The predicted molar refractivity (Wildman–Crippen MR) is 125 cm³/mol. The number of hydrogen-bond acceptors (Lipinski definition) is 6. The molecule has 3 aromatic rings. The van der Waals surface area contributed by atoms with Crippen molar-refractivity contribution in [1.29, 1.82) is 5.26 Å². The summed E-state index contributed by atoms with van der Waals surface area (Å²) in [5.74, 6) is 0.840. The van der Waals surface area contributed by atoms with E-state index in [0.717, 1.165) is 61.5 Å². The number of hydrogen-bond donors (Lipinski definition) is 1. The fraction of sp³-hybridized carbons (Fsp3) is 0.462. The number of ether oxygens (including phenoxy) is 1. The zero-order chi connectivity index (χ0) is 22.7. The standard InChI is InChI=1S/C26H30N6O/c1-2-15-32-25(29-30-31-32)24(28-18-26-13-5-8-23(26)33-16-14-26)20-11-9-19(10-12-20)22-7-4-3-6-21(22)17-27/h3-4,6-7,9-12,23-24,28H,2,5,8,13-16,18H2,1H3/t23-,24?,26-/m1/s1. The van der Waals surface area contributed by atoms with Crippen LogP contribution in [0.15, 0.2) is 48.5 Å². The lowest BCUT2D eigenvalue weighted by Gasteiger charge is -2.30. The Bertz CT molecular complexity index is 1120. The van der Waals surface area contributed by atoms with Gasteiger partial charge in [-0.3, -0.25) is 0 Å². The van der Waals surface area contributed by atoms with E-state index in [4.69, 9.17) is 4.74 Å². The van der Waals surface area contributed by atoms with Crippen molar-refractivity contribution < 1.29 is 4.74 Å². The van der Waals surface area contributed by atoms with Crippen molar-refractivity contribution in [3.63, 3.8) is 0 Å². The minimum atomic E-state index is -0.108. The highest BCUT2D eigenvalue weighted by molar-refractivity contribution is 5.70. The topological polar surface area (TPSA) is 88.7 Å². The van der Waals surface area contributed by atoms with Gasteiger partial charge < -0.3 is 10.1 Å². The summed E-state index contributed by atoms with van der Waals surface area (Å²) in [7, 11) is 0. The van der Waals surface area contributed by atoms with E-state index in [1.54, 1.807) is 0 Å². The van der Waals surface area contributed by atoms with Gasteiger partial charge in [-0.15, -0.1) is 5.10 Å². The summed E-state index contributed by atoms with van der Waals surface area (Å²) in [6.45, 7) is 4.66. The maximum Gasteiger partial charge on any atom is 0.172 e. The third-order valence-corrected chi connectivity index (χ3v) is 7.26. The summed E-state index contributed by atoms with van der Waals surface area (Å²) >= 11 is 0. The lowest BCUT2D eigenvalue weighted by Crippen LogP contribution is -2.39. The van der Waals surface area contributed by atoms with Crippen LogP contribution < -0.4 is 5.32 Å². The first-order chi connectivity index (χ1) is 16.2. The molecule has 3 atom stereocenters. The van der Waals surface area contributed by atoms with Crippen LogP contribution in [-0.4, -0.2) is 39.5 Å². The molecule has 2 aliphatic rings. The number of nitriles is 1. The largest absolute Gasteiger partial charge is 0.378 e. The fourth-order valence-electron chi connectivity index (χ4n) is 5.49. The van der Waals surface area contributed by atoms with Crippen molar-refractivity contribution in [3.05, 3.63) is 65.5 Å². The maximum atomic E-state index is 9.48. The van der Waals surface area contributed by atoms with E-state index in [-0.39, 0.29) is 11.5 Å². The highest BCUT2D eigenvalue weighted by Crippen LogP contribution is 2.47. The number of aryl methyl sites for hydroxylation is 1. The molecule has 1 unspecified atom stereocenters. The molecule has 33 heavy (non-hydrogen) atoms. The normalized spacial score (nSPS) is 22.7. The number of nitrogens with one attached hydrogen (secondary N) is 1. The SMILES string of the molecule is CCCn1nnnc1C(NC[C@]12CCC[C@H]1OCC2)c1ccc(-c2ccccc2C#N)cc1. The summed E-state index contributed by atoms with van der Waals surface area (Å²) in [5, 5.41) is 25.9. The quantitative estimate of drug-likeness (QED) is 0.561. The molecule has 1 aromatic heterocycles. The van der Waals surface area contributed by atoms with Crippen molar-refractivity contribution >= 4 is 0 Å². The molecule has 0 spiro atoms. The van der Waals surface area contributed by atoms with Gasteiger partial charge in [-0.25, -0.2) is 4.68 Å². The van der Waals surface area contributed by atoms with Crippen LogP contribution in [0.25, 0.3) is 11.1 Å². The van der Waals surface area contributed by atoms with Crippen molar-refractivity contribution in [2.24, 2.45) is 5.41 Å². The summed E-state index contributed by atoms with van der Waals surface area (Å²) < 4.78 is 7.95. The minimum Gasteiger partial charge on any atom is -0.378 e. The molecule has 2 fully saturated rings. The number of tetrazole rings is 1. The maximum absolute atomic E-state index is 9.48. The number of benzene rings is 2. The molecule has 1 saturated heterocycles. The Kier molecular flexibility index (Phi) is 6.21. The van der Waals surface area contributed by atoms with Crippen LogP contribution in [0.4, 0.5) is 0 Å². The van der Waals surface area contributed by atoms with Crippen LogP contribution in [0, 0.1) is 16.7 Å². The molecule has 0 radical (unpaired) electrons. The van der Waals surface area contributed by atoms with Gasteiger partial charge in [0, 0.05) is 25.1 Å². The lowest BCUT2D eigenvalue weighted by molar-refractivity contribution is 0.0690. The van der Waals surface area contributed by atoms with Gasteiger partial charge in [-0.1, -0.05) is 55.8 Å². The number of aromatic nitrogens is 4. The second-order valence-electron chi connectivity index (χ2n) is 9.22. The minimum absolute atomic E-state index is 0.108. The second kappa shape index (κ2) is 9.42. The molecular formula is C26H30N6O. The average Bonchev–Trinajstić information content (AvgIpc) is 3.56. The Morgan fingerprint density at radius 1 is 1.21 bits per heavy atom. The summed E-state index contributed by atoms with van der Waals surface area (Å²) in [6.07, 6.45) is 6.04. The van der Waals surface area contributed by atoms with Crippen LogP contribution in [-0.2, 0) is 11.3 Å². The molecule has 0 bridgehead atoms. The van der Waals surface area contributed by atoms with Gasteiger partial charge in [0.15, 0.2) is 5.82 Å². The Morgan fingerprint density at radius 3 is 2.88 bits per heavy atom. The summed E-state index contributed by atoms with van der Waals surface area (Å²) in [6, 6.07) is 18.3. The summed E-state index contributed by atoms with van der Waals surface area (Å²) in [4.78, 5) is 0. The highest BCUT2D eigenvalue weighted by atomic mass is 16.5. The van der Waals surface area contributed by atoms with Crippen LogP contribution in [0.2, 0.25) is 0 Å². The Hall–Kier alpha value is -3.08. The van der Waals surface area contributed by atoms with Gasteiger partial charge in [0.25, 0.3) is 0 Å². The zero-order valence-corrected chi connectivity index (χ0v) is 19.1. The van der Waals surface area contributed by atoms with E-state index in [2.05, 4.69) is 58.1 Å². The first kappa shape index (κ1) is 21.7. The van der Waals surface area contributed by atoms with E-state index in [1.807, 2.05) is 28.9 Å². The zero-order valence-electron chi connectivity index (χ0n) is 19.1. The van der Waals surface area contributed by atoms with Crippen molar-refractivity contribution in [2.75, 3.05) is 13.2 Å². The fourth-order valence-corrected chi connectivity index (χ4v) is 5.49. The van der Waals surface area contributed by atoms with E-state index >= 15 is 0 Å². The van der Waals surface area contributed by atoms with Crippen molar-refractivity contribution in [1.82, 2.24) is 25.5 Å². The summed E-state index contributed by atoms with van der Waals surface area (Å²) in [5.41, 5.74) is 3.99. The molecule has 1 saturated carbocycles. The molecule has 0 amide bonds. The predicted octanol–water partition coefficient (Wildman–Crippen LogP) is 4.26. The number of fused-ring (bicyclic) bond motifs is 1. The van der Waals surface area contributed by atoms with Gasteiger partial charge in [0.05, 0.1) is 23.8 Å². The Balaban J connectivity index is 1.45. The Labute approximate surface area is 194 Å². The molecule has 1 aliphatic carbocycles. The number of nitrogens with zero attached hydrogens (tertiary/aromatic N) is 5. The Morgan fingerprint density at radius 2 is 2.06 bits per heavy atom. The molecule has 5 rings (SSSR count). The van der Waals surface area contributed by atoms with Gasteiger partial charge in [-0.05, 0) is 58.9 Å². The van der Waals surface area contributed by atoms with Gasteiger partial charge in [-0.2, -0.15) is 5.26 Å². The molecule has 7 heteroatoms. The van der Waals surface area contributed by atoms with Crippen molar-refractivity contribution in [3.8, 4) is 17.2 Å². The third-order valence-electron chi connectivity index (χ3n) is 7.26.